The summed E-state index contributed by atoms with van der Waals surface area (Å²) in [4.78, 5) is 72.5. The maximum absolute atomic E-state index is 13.0. The van der Waals surface area contributed by atoms with Crippen molar-refractivity contribution in [3.63, 3.8) is 0 Å². The highest BCUT2D eigenvalue weighted by Gasteiger charge is 2.30. The van der Waals surface area contributed by atoms with Gasteiger partial charge in [0.2, 0.25) is 0 Å². The number of rotatable bonds is 67. The number of phosphoric ester groups is 2. The average molecular weight is 1320 g/mol. The molecule has 19 heteroatoms. The van der Waals surface area contributed by atoms with Crippen LogP contribution in [0.15, 0.2) is 24.3 Å². The van der Waals surface area contributed by atoms with Crippen LogP contribution in [0, 0.1) is 17.8 Å². The van der Waals surface area contributed by atoms with Gasteiger partial charge in [-0.3, -0.25) is 37.3 Å². The first-order valence-corrected chi connectivity index (χ1v) is 39.2. The van der Waals surface area contributed by atoms with E-state index in [0.717, 1.165) is 121 Å². The van der Waals surface area contributed by atoms with Crippen LogP contribution in [0.4, 0.5) is 0 Å². The number of phosphoric acid groups is 2. The monoisotopic (exact) mass is 1320 g/mol. The highest BCUT2D eigenvalue weighted by Crippen LogP contribution is 2.45. The van der Waals surface area contributed by atoms with Crippen molar-refractivity contribution in [2.24, 2.45) is 17.8 Å². The molecule has 0 fully saturated rings. The molecule has 17 nitrogen and oxygen atoms in total. The molecule has 0 saturated carbocycles. The van der Waals surface area contributed by atoms with Crippen LogP contribution < -0.4 is 0 Å². The Bertz CT molecular complexity index is 1860. The predicted molar refractivity (Wildman–Crippen MR) is 363 cm³/mol. The van der Waals surface area contributed by atoms with Crippen LogP contribution in [-0.4, -0.2) is 96.7 Å². The minimum atomic E-state index is -4.96. The highest BCUT2D eigenvalue weighted by atomic mass is 31.2. The summed E-state index contributed by atoms with van der Waals surface area (Å²) in [5.41, 5.74) is 0. The van der Waals surface area contributed by atoms with Crippen molar-refractivity contribution < 1.29 is 80.2 Å². The number of unbranched alkanes of at least 4 members (excludes halogenated alkanes) is 32. The topological polar surface area (TPSA) is 237 Å². The van der Waals surface area contributed by atoms with Crippen molar-refractivity contribution in [2.75, 3.05) is 39.6 Å². The Morgan fingerprint density at radius 1 is 0.344 bits per heavy atom. The number of carbonyl (C=O) groups is 4. The fourth-order valence-electron chi connectivity index (χ4n) is 10.2. The van der Waals surface area contributed by atoms with Crippen LogP contribution in [0.1, 0.15) is 331 Å². The van der Waals surface area contributed by atoms with Crippen LogP contribution in [-0.2, 0) is 65.4 Å². The number of aliphatic hydroxyl groups is 1. The van der Waals surface area contributed by atoms with Crippen molar-refractivity contribution in [1.82, 2.24) is 0 Å². The van der Waals surface area contributed by atoms with Gasteiger partial charge in [0.15, 0.2) is 12.2 Å². The Hall–Kier alpha value is -2.46. The molecule has 0 rings (SSSR count). The van der Waals surface area contributed by atoms with Crippen LogP contribution in [0.3, 0.4) is 0 Å². The van der Waals surface area contributed by atoms with Gasteiger partial charge in [-0.05, 0) is 69.1 Å². The predicted octanol–water partition coefficient (Wildman–Crippen LogP) is 19.8. The second-order valence-electron chi connectivity index (χ2n) is 26.4. The molecular weight excluding hydrogens is 1190 g/mol. The summed E-state index contributed by atoms with van der Waals surface area (Å²) >= 11 is 0. The third-order valence-electron chi connectivity index (χ3n) is 15.8. The molecule has 0 radical (unpaired) electrons. The molecule has 0 aromatic rings. The SMILES string of the molecule is CCCCCC/C=C\C=C/CCCCCCCC(=O)O[C@H](COC(=O)CCCCCCCCCCCCCC(C)C)COP(=O)(O)OC[C@@H](O)COP(=O)(O)OC[C@@H](COC(=O)CCCCCCCCC(C)C)OC(=O)CCCCCCCCCCCC(C)C. The van der Waals surface area contributed by atoms with Crippen LogP contribution >= 0.6 is 15.6 Å². The van der Waals surface area contributed by atoms with Crippen LogP contribution in [0.2, 0.25) is 0 Å². The Morgan fingerprint density at radius 3 is 0.900 bits per heavy atom. The van der Waals surface area contributed by atoms with E-state index in [0.29, 0.717) is 31.6 Å². The van der Waals surface area contributed by atoms with Gasteiger partial charge in [0.25, 0.3) is 0 Å². The molecule has 0 aromatic carbocycles. The molecule has 0 aliphatic rings. The van der Waals surface area contributed by atoms with Gasteiger partial charge in [-0.1, -0.05) is 278 Å². The van der Waals surface area contributed by atoms with E-state index in [9.17, 15) is 43.2 Å². The summed E-state index contributed by atoms with van der Waals surface area (Å²) in [6.45, 7) is 11.7. The molecule has 0 spiro atoms. The molecule has 0 heterocycles. The van der Waals surface area contributed by atoms with E-state index in [1.807, 2.05) is 0 Å². The summed E-state index contributed by atoms with van der Waals surface area (Å²) in [5.74, 6) is 0.0230. The first kappa shape index (κ1) is 87.5. The zero-order valence-electron chi connectivity index (χ0n) is 58.1. The normalized spacial score (nSPS) is 14.4. The maximum Gasteiger partial charge on any atom is 0.472 e. The number of hydrogen-bond donors (Lipinski definition) is 3. The lowest BCUT2D eigenvalue weighted by atomic mass is 10.0. The number of aliphatic hydroxyl groups excluding tert-OH is 1. The van der Waals surface area contributed by atoms with Gasteiger partial charge in [0.1, 0.15) is 19.3 Å². The van der Waals surface area contributed by atoms with Gasteiger partial charge in [-0.25, -0.2) is 9.13 Å². The molecular formula is C71H134O17P2. The van der Waals surface area contributed by atoms with Crippen molar-refractivity contribution in [1.29, 1.82) is 0 Å². The van der Waals surface area contributed by atoms with E-state index < -0.39 is 97.5 Å². The summed E-state index contributed by atoms with van der Waals surface area (Å²) in [6, 6.07) is 0. The van der Waals surface area contributed by atoms with Crippen molar-refractivity contribution in [2.45, 2.75) is 349 Å². The molecule has 530 valence electrons. The fraction of sp³-hybridized carbons (Fsp3) is 0.887. The molecule has 0 aliphatic heterocycles. The standard InChI is InChI=1S/C71H134O17P2/c1-8-9-10-11-12-13-14-15-16-17-20-26-31-40-47-54-70(75)87-66(58-81-68(73)52-45-38-30-25-21-18-19-23-28-35-42-49-62(2)3)60-85-89(77,78)83-56-65(72)57-84-90(79,80)86-61-67(59-82-69(74)53-46-39-34-33-37-44-51-64(6)7)88-71(76)55-48-41-32-27-22-24-29-36-43-50-63(4)5/h13-16,62-67,72H,8-12,17-61H2,1-7H3,(H,77,78)(H,79,80)/b14-13-,16-15-/t65-,66-,67-/m1/s1. The molecule has 0 amide bonds. The number of ether oxygens (including phenoxy) is 4. The number of hydrogen-bond acceptors (Lipinski definition) is 15. The second kappa shape index (κ2) is 61.4. The molecule has 90 heavy (non-hydrogen) atoms. The minimum absolute atomic E-state index is 0.0843. The molecule has 3 N–H and O–H groups in total. The van der Waals surface area contributed by atoms with Crippen molar-refractivity contribution >= 4 is 39.5 Å². The van der Waals surface area contributed by atoms with E-state index >= 15 is 0 Å². The average Bonchev–Trinajstić information content (AvgIpc) is 3.33. The van der Waals surface area contributed by atoms with Crippen molar-refractivity contribution in [3.05, 3.63) is 24.3 Å². The largest absolute Gasteiger partial charge is 0.472 e. The van der Waals surface area contributed by atoms with E-state index in [4.69, 9.17) is 37.0 Å². The van der Waals surface area contributed by atoms with Crippen molar-refractivity contribution in [3.8, 4) is 0 Å². The number of esters is 4. The van der Waals surface area contributed by atoms with Gasteiger partial charge in [0.05, 0.1) is 26.4 Å². The smallest absolute Gasteiger partial charge is 0.462 e. The number of carbonyl (C=O) groups excluding carboxylic acids is 4. The van der Waals surface area contributed by atoms with Gasteiger partial charge in [-0.15, -0.1) is 0 Å². The van der Waals surface area contributed by atoms with Crippen LogP contribution in [0.25, 0.3) is 0 Å². The molecule has 5 atom stereocenters. The van der Waals surface area contributed by atoms with Gasteiger partial charge in [-0.2, -0.15) is 0 Å². The summed E-state index contributed by atoms with van der Waals surface area (Å²) in [6.07, 6.45) is 48.2. The lowest BCUT2D eigenvalue weighted by molar-refractivity contribution is -0.161. The van der Waals surface area contributed by atoms with Gasteiger partial charge in [0, 0.05) is 25.7 Å². The summed E-state index contributed by atoms with van der Waals surface area (Å²) in [7, 11) is -9.92. The highest BCUT2D eigenvalue weighted by molar-refractivity contribution is 7.47. The van der Waals surface area contributed by atoms with E-state index in [2.05, 4.69) is 72.8 Å². The fourth-order valence-corrected chi connectivity index (χ4v) is 11.8. The summed E-state index contributed by atoms with van der Waals surface area (Å²) < 4.78 is 68.2. The molecule has 0 aromatic heterocycles. The van der Waals surface area contributed by atoms with Gasteiger partial charge < -0.3 is 33.8 Å². The zero-order valence-corrected chi connectivity index (χ0v) is 59.9. The Morgan fingerprint density at radius 2 is 0.600 bits per heavy atom. The van der Waals surface area contributed by atoms with E-state index in [-0.39, 0.29) is 25.7 Å². The number of allylic oxidation sites excluding steroid dienone is 4. The minimum Gasteiger partial charge on any atom is -0.462 e. The molecule has 2 unspecified atom stereocenters. The Balaban J connectivity index is 5.29. The molecule has 0 aliphatic carbocycles. The van der Waals surface area contributed by atoms with Crippen LogP contribution in [0.5, 0.6) is 0 Å². The molecule has 0 bridgehead atoms. The Labute approximate surface area is 548 Å². The maximum atomic E-state index is 13.0. The quantitative estimate of drug-likeness (QED) is 0.0169. The lowest BCUT2D eigenvalue weighted by Gasteiger charge is -2.21. The Kier molecular flexibility index (Phi) is 59.7. The van der Waals surface area contributed by atoms with E-state index in [1.165, 1.54) is 122 Å². The van der Waals surface area contributed by atoms with Gasteiger partial charge >= 0.3 is 39.5 Å². The third-order valence-corrected chi connectivity index (χ3v) is 17.7. The second-order valence-corrected chi connectivity index (χ2v) is 29.3. The van der Waals surface area contributed by atoms with E-state index in [1.54, 1.807) is 0 Å². The molecule has 0 saturated heterocycles. The zero-order chi connectivity index (χ0) is 66.6. The lowest BCUT2D eigenvalue weighted by Crippen LogP contribution is -2.30. The first-order chi connectivity index (χ1) is 43.2. The summed E-state index contributed by atoms with van der Waals surface area (Å²) in [5, 5.41) is 10.6. The third kappa shape index (κ3) is 64.3. The first-order valence-electron chi connectivity index (χ1n) is 36.2.